The minimum Gasteiger partial charge on any atom is -0.311 e. The minimum atomic E-state index is -0.0717. The highest BCUT2D eigenvalue weighted by molar-refractivity contribution is 6.22. The summed E-state index contributed by atoms with van der Waals surface area (Å²) in [5, 5.41) is 5.05. The van der Waals surface area contributed by atoms with E-state index in [1.54, 1.807) is 0 Å². The van der Waals surface area contributed by atoms with Gasteiger partial charge in [-0.1, -0.05) is 147 Å². The van der Waals surface area contributed by atoms with Gasteiger partial charge in [-0.3, -0.25) is 0 Å². The Labute approximate surface area is 374 Å². The Morgan fingerprint density at radius 3 is 1.53 bits per heavy atom. The fraction of sp³-hybridized carbons (Fsp3) is 0.0492. The van der Waals surface area contributed by atoms with Crippen LogP contribution in [0.3, 0.4) is 0 Å². The number of nitrogens with zero attached hydrogens (tertiary/aromatic N) is 3. The lowest BCUT2D eigenvalue weighted by Gasteiger charge is -2.29. The Morgan fingerprint density at radius 2 is 0.844 bits per heavy atom. The lowest BCUT2D eigenvalue weighted by atomic mass is 9.82. The zero-order valence-electron chi connectivity index (χ0n) is 35.9. The molecule has 0 saturated heterocycles. The van der Waals surface area contributed by atoms with E-state index >= 15 is 0 Å². The molecule has 3 nitrogen and oxygen atoms in total. The predicted octanol–water partition coefficient (Wildman–Crippen LogP) is 16.8. The van der Waals surface area contributed by atoms with Crippen molar-refractivity contribution in [1.82, 2.24) is 4.57 Å². The van der Waals surface area contributed by atoms with Crippen LogP contribution in [0.2, 0.25) is 0 Å². The molecule has 1 aromatic heterocycles. The van der Waals surface area contributed by atoms with Gasteiger partial charge in [-0.05, 0) is 147 Å². The van der Waals surface area contributed by atoms with Crippen LogP contribution in [0.25, 0.3) is 60.5 Å². The van der Waals surface area contributed by atoms with Crippen molar-refractivity contribution in [2.24, 2.45) is 0 Å². The van der Waals surface area contributed by atoms with E-state index < -0.39 is 0 Å². The summed E-state index contributed by atoms with van der Waals surface area (Å²) in [5.74, 6) is 0. The standard InChI is InChI=1S/C61H45N3/c1-61(2)56-25-15-14-24-53(56)54-41-51(36-37-57(54)61)63(50-34-32-49(33-35-50)62(45-17-6-3-7-18-45)46-19-8-4-9-20-46)48-30-26-42(27-31-48)44-29-38-58-55(40-44)60-52-23-13-12-16-43(52)28-39-59(60)64(58)47-21-10-5-11-22-47/h3-41H,1-2H3. The average Bonchev–Trinajstić information content (AvgIpc) is 3.81. The van der Waals surface area contributed by atoms with Crippen LogP contribution in [0, 0.1) is 0 Å². The number of rotatable bonds is 8. The number of hydrogen-bond donors (Lipinski definition) is 0. The summed E-state index contributed by atoms with van der Waals surface area (Å²) in [6, 6.07) is 86.2. The van der Waals surface area contributed by atoms with Gasteiger partial charge in [0.25, 0.3) is 0 Å². The summed E-state index contributed by atoms with van der Waals surface area (Å²) in [6.45, 7) is 4.69. The van der Waals surface area contributed by atoms with E-state index in [0.29, 0.717) is 0 Å². The smallest absolute Gasteiger partial charge is 0.0547 e. The van der Waals surface area contributed by atoms with Crippen molar-refractivity contribution < 1.29 is 0 Å². The quantitative estimate of drug-likeness (QED) is 0.151. The molecule has 10 aromatic carbocycles. The maximum Gasteiger partial charge on any atom is 0.0547 e. The molecule has 0 N–H and O–H groups in total. The van der Waals surface area contributed by atoms with Gasteiger partial charge >= 0.3 is 0 Å². The number of fused-ring (bicyclic) bond motifs is 8. The Bertz CT molecular complexity index is 3460. The van der Waals surface area contributed by atoms with Crippen LogP contribution in [0.15, 0.2) is 237 Å². The topological polar surface area (TPSA) is 11.4 Å². The lowest BCUT2D eigenvalue weighted by Crippen LogP contribution is -2.15. The molecule has 0 unspecified atom stereocenters. The van der Waals surface area contributed by atoms with Crippen LogP contribution in [0.4, 0.5) is 34.1 Å². The van der Waals surface area contributed by atoms with E-state index in [2.05, 4.69) is 265 Å². The van der Waals surface area contributed by atoms with E-state index in [4.69, 9.17) is 0 Å². The van der Waals surface area contributed by atoms with Gasteiger partial charge in [-0.2, -0.15) is 0 Å². The maximum absolute atomic E-state index is 2.40. The Kier molecular flexibility index (Phi) is 8.84. The summed E-state index contributed by atoms with van der Waals surface area (Å²) in [5.41, 5.74) is 17.8. The van der Waals surface area contributed by atoms with Crippen LogP contribution >= 0.6 is 0 Å². The molecule has 0 fully saturated rings. The molecule has 0 saturated carbocycles. The minimum absolute atomic E-state index is 0.0717. The molecular formula is C61H45N3. The molecule has 1 heterocycles. The largest absolute Gasteiger partial charge is 0.311 e. The third kappa shape index (κ3) is 6.12. The third-order valence-corrected chi connectivity index (χ3v) is 13.3. The third-order valence-electron chi connectivity index (χ3n) is 13.3. The van der Waals surface area contributed by atoms with Gasteiger partial charge in [0, 0.05) is 56.0 Å². The van der Waals surface area contributed by atoms with Gasteiger partial charge in [0.1, 0.15) is 0 Å². The summed E-state index contributed by atoms with van der Waals surface area (Å²) in [7, 11) is 0. The second kappa shape index (κ2) is 15.0. The maximum atomic E-state index is 2.40. The van der Waals surface area contributed by atoms with Crippen molar-refractivity contribution in [3.63, 3.8) is 0 Å². The summed E-state index contributed by atoms with van der Waals surface area (Å²) in [4.78, 5) is 4.72. The Hall–Kier alpha value is -8.14. The molecule has 12 rings (SSSR count). The van der Waals surface area contributed by atoms with Crippen LogP contribution < -0.4 is 9.80 Å². The first-order valence-corrected chi connectivity index (χ1v) is 22.2. The molecule has 0 atom stereocenters. The van der Waals surface area contributed by atoms with Gasteiger partial charge in [0.05, 0.1) is 11.0 Å². The van der Waals surface area contributed by atoms with Gasteiger partial charge in [-0.25, -0.2) is 0 Å². The lowest BCUT2D eigenvalue weighted by molar-refractivity contribution is 0.660. The molecule has 11 aromatic rings. The van der Waals surface area contributed by atoms with Crippen LogP contribution in [-0.4, -0.2) is 4.57 Å². The monoisotopic (exact) mass is 819 g/mol. The van der Waals surface area contributed by atoms with E-state index in [9.17, 15) is 0 Å². The molecule has 1 aliphatic carbocycles. The average molecular weight is 820 g/mol. The van der Waals surface area contributed by atoms with Gasteiger partial charge < -0.3 is 14.4 Å². The molecular weight excluding hydrogens is 775 g/mol. The molecule has 0 bridgehead atoms. The van der Waals surface area contributed by atoms with E-state index in [1.807, 2.05) is 0 Å². The first-order valence-electron chi connectivity index (χ1n) is 22.2. The van der Waals surface area contributed by atoms with Gasteiger partial charge in [0.2, 0.25) is 0 Å². The number of aromatic nitrogens is 1. The molecule has 0 aliphatic heterocycles. The van der Waals surface area contributed by atoms with Crippen molar-refractivity contribution in [2.45, 2.75) is 19.3 Å². The normalized spacial score (nSPS) is 12.7. The molecule has 3 heteroatoms. The molecule has 1 aliphatic rings. The first-order chi connectivity index (χ1) is 31.5. The number of para-hydroxylation sites is 3. The predicted molar refractivity (Wildman–Crippen MR) is 271 cm³/mol. The highest BCUT2D eigenvalue weighted by Crippen LogP contribution is 2.51. The van der Waals surface area contributed by atoms with Crippen LogP contribution in [0.5, 0.6) is 0 Å². The van der Waals surface area contributed by atoms with Crippen LogP contribution in [-0.2, 0) is 5.41 Å². The van der Waals surface area contributed by atoms with Crippen molar-refractivity contribution in [1.29, 1.82) is 0 Å². The molecule has 304 valence electrons. The summed E-state index contributed by atoms with van der Waals surface area (Å²) >= 11 is 0. The number of anilines is 6. The molecule has 64 heavy (non-hydrogen) atoms. The fourth-order valence-corrected chi connectivity index (χ4v) is 10.3. The van der Waals surface area contributed by atoms with E-state index in [-0.39, 0.29) is 5.41 Å². The zero-order valence-corrected chi connectivity index (χ0v) is 35.9. The molecule has 0 spiro atoms. The Balaban J connectivity index is 0.982. The number of benzene rings is 10. The highest BCUT2D eigenvalue weighted by Gasteiger charge is 2.35. The van der Waals surface area contributed by atoms with Gasteiger partial charge in [0.15, 0.2) is 0 Å². The summed E-state index contributed by atoms with van der Waals surface area (Å²) in [6.07, 6.45) is 0. The first kappa shape index (κ1) is 37.6. The fourth-order valence-electron chi connectivity index (χ4n) is 10.3. The second-order valence-corrected chi connectivity index (χ2v) is 17.4. The molecule has 0 amide bonds. The SMILES string of the molecule is CC1(C)c2ccccc2-c2cc(N(c3ccc(-c4ccc5c(c4)c4c6ccccc6ccc4n5-c4ccccc4)cc3)c3ccc(N(c4ccccc4)c4ccccc4)cc3)ccc21. The van der Waals surface area contributed by atoms with E-state index in [0.717, 1.165) is 39.8 Å². The summed E-state index contributed by atoms with van der Waals surface area (Å²) < 4.78 is 2.40. The van der Waals surface area contributed by atoms with E-state index in [1.165, 1.54) is 66.0 Å². The van der Waals surface area contributed by atoms with Crippen molar-refractivity contribution in [3.8, 4) is 27.9 Å². The van der Waals surface area contributed by atoms with Crippen LogP contribution in [0.1, 0.15) is 25.0 Å². The van der Waals surface area contributed by atoms with Crippen molar-refractivity contribution in [2.75, 3.05) is 9.80 Å². The van der Waals surface area contributed by atoms with Crippen molar-refractivity contribution in [3.05, 3.63) is 248 Å². The Morgan fingerprint density at radius 1 is 0.344 bits per heavy atom. The number of hydrogen-bond acceptors (Lipinski definition) is 2. The molecule has 0 radical (unpaired) electrons. The zero-order chi connectivity index (χ0) is 42.8. The van der Waals surface area contributed by atoms with Gasteiger partial charge in [-0.15, -0.1) is 0 Å². The second-order valence-electron chi connectivity index (χ2n) is 17.4. The highest BCUT2D eigenvalue weighted by atomic mass is 15.2. The van der Waals surface area contributed by atoms with Crippen molar-refractivity contribution >= 4 is 66.7 Å².